The van der Waals surface area contributed by atoms with Crippen molar-refractivity contribution < 1.29 is 37.3 Å². The molecule has 456 valence electrons. The number of esters is 1. The van der Waals surface area contributed by atoms with E-state index in [2.05, 4.69) is 111 Å². The molecule has 10 heteroatoms. The number of phosphoric ester groups is 1. The zero-order valence-electron chi connectivity index (χ0n) is 52.1. The minimum absolute atomic E-state index is 0.0274. The molecular weight excluding hydrogens is 1000 g/mol. The van der Waals surface area contributed by atoms with Crippen LogP contribution in [0, 0.1) is 0 Å². The lowest BCUT2D eigenvalue weighted by Crippen LogP contribution is -2.47. The van der Waals surface area contributed by atoms with Crippen LogP contribution in [0.4, 0.5) is 0 Å². The van der Waals surface area contributed by atoms with Crippen LogP contribution in [0.1, 0.15) is 278 Å². The smallest absolute Gasteiger partial charge is 0.456 e. The largest absolute Gasteiger partial charge is 0.472 e. The lowest BCUT2D eigenvalue weighted by atomic mass is 10.0. The molecule has 0 fully saturated rings. The van der Waals surface area contributed by atoms with Gasteiger partial charge in [-0.25, -0.2) is 4.57 Å². The number of phosphoric acid groups is 1. The summed E-state index contributed by atoms with van der Waals surface area (Å²) in [6, 6.07) is -0.878. The van der Waals surface area contributed by atoms with E-state index in [4.69, 9.17) is 13.8 Å². The maximum atomic E-state index is 13.6. The van der Waals surface area contributed by atoms with Gasteiger partial charge in [0.15, 0.2) is 0 Å². The molecule has 0 aliphatic carbocycles. The molecule has 0 saturated heterocycles. The van der Waals surface area contributed by atoms with E-state index in [9.17, 15) is 19.0 Å². The molecule has 0 spiro atoms. The second kappa shape index (κ2) is 58.1. The molecule has 0 aromatic carbocycles. The number of quaternary nitrogens is 1. The average Bonchev–Trinajstić information content (AvgIpc) is 3.41. The summed E-state index contributed by atoms with van der Waals surface area (Å²) in [5.41, 5.74) is 0. The van der Waals surface area contributed by atoms with E-state index in [1.807, 2.05) is 33.3 Å². The van der Waals surface area contributed by atoms with Crippen molar-refractivity contribution in [3.8, 4) is 0 Å². The van der Waals surface area contributed by atoms with Crippen LogP contribution in [0.5, 0.6) is 0 Å². The normalized spacial score (nSPS) is 14.3. The van der Waals surface area contributed by atoms with Crippen LogP contribution < -0.4 is 5.32 Å². The summed E-state index contributed by atoms with van der Waals surface area (Å²) in [5, 5.41) is 3.04. The molecule has 79 heavy (non-hydrogen) atoms. The topological polar surface area (TPSA) is 111 Å². The van der Waals surface area contributed by atoms with Crippen LogP contribution in [-0.4, -0.2) is 74.3 Å². The van der Waals surface area contributed by atoms with Gasteiger partial charge in [0.1, 0.15) is 19.3 Å². The molecule has 0 rings (SSSR count). The van der Waals surface area contributed by atoms with E-state index in [0.717, 1.165) is 89.9 Å². The van der Waals surface area contributed by atoms with Crippen LogP contribution in [0.15, 0.2) is 97.2 Å². The number of carbonyl (C=O) groups is 2. The quantitative estimate of drug-likeness (QED) is 0.0205. The number of likely N-dealkylation sites (N-methyl/N-ethyl adjacent to an activating group) is 1. The Morgan fingerprint density at radius 3 is 1.24 bits per heavy atom. The van der Waals surface area contributed by atoms with E-state index in [-0.39, 0.29) is 37.9 Å². The zero-order chi connectivity index (χ0) is 57.9. The molecule has 0 aromatic rings. The van der Waals surface area contributed by atoms with Crippen molar-refractivity contribution >= 4 is 19.7 Å². The van der Waals surface area contributed by atoms with Gasteiger partial charge in [0.25, 0.3) is 0 Å². The number of hydrogen-bond acceptors (Lipinski definition) is 6. The first-order valence-corrected chi connectivity index (χ1v) is 34.1. The van der Waals surface area contributed by atoms with E-state index in [1.165, 1.54) is 148 Å². The molecular formula is C69H124N2O7P+. The van der Waals surface area contributed by atoms with Gasteiger partial charge in [-0.15, -0.1) is 0 Å². The van der Waals surface area contributed by atoms with Crippen LogP contribution in [0.2, 0.25) is 0 Å². The molecule has 3 unspecified atom stereocenters. The first-order valence-electron chi connectivity index (χ1n) is 32.6. The fourth-order valence-corrected chi connectivity index (χ4v) is 9.73. The van der Waals surface area contributed by atoms with E-state index in [0.29, 0.717) is 17.4 Å². The summed E-state index contributed by atoms with van der Waals surface area (Å²) in [6.45, 7) is 6.87. The zero-order valence-corrected chi connectivity index (χ0v) is 53.0. The van der Waals surface area contributed by atoms with Gasteiger partial charge in [-0.05, 0) is 109 Å². The summed E-state index contributed by atoms with van der Waals surface area (Å²) in [5.74, 6) is -0.558. The van der Waals surface area contributed by atoms with Crippen molar-refractivity contribution in [3.05, 3.63) is 97.2 Å². The number of unbranched alkanes of at least 4 members (excludes halogenated alkanes) is 28. The average molecular weight is 1120 g/mol. The lowest BCUT2D eigenvalue weighted by molar-refractivity contribution is -0.870. The molecule has 3 atom stereocenters. The van der Waals surface area contributed by atoms with Gasteiger partial charge in [-0.3, -0.25) is 18.6 Å². The number of amides is 1. The van der Waals surface area contributed by atoms with Crippen molar-refractivity contribution in [2.75, 3.05) is 40.9 Å². The van der Waals surface area contributed by atoms with Crippen molar-refractivity contribution in [3.63, 3.8) is 0 Å². The fourth-order valence-electron chi connectivity index (χ4n) is 9.00. The Morgan fingerprint density at radius 2 is 0.810 bits per heavy atom. The lowest BCUT2D eigenvalue weighted by Gasteiger charge is -2.27. The summed E-state index contributed by atoms with van der Waals surface area (Å²) >= 11 is 0. The summed E-state index contributed by atoms with van der Waals surface area (Å²) in [6.07, 6.45) is 78.4. The standard InChI is InChI=1S/C69H123N2O7P/c1-7-10-13-16-19-22-25-28-30-32-34-35-37-38-40-43-46-49-52-55-58-61-68(72)70-66(65-77-79(74,75)76-64-63-71(4,5)6)67(60-57-54-51-48-45-42-27-24-21-18-15-12-9-3)78-69(73)62-59-56-53-50-47-44-41-39-36-33-31-29-26-23-20-17-14-11-8-2/h10,13,19,22,28-31,34-35,38,40,46,49,57,60,66-67H,7-9,11-12,14-18,20-21,23-27,32-33,36-37,39,41-45,47-48,50-56,58-59,61-65H2,1-6H3,(H-,70,72,74,75)/p+1/b13-10-,22-19-,30-28-,31-29+,35-34-,40-38-,49-46-,60-57+. The minimum atomic E-state index is -4.47. The maximum absolute atomic E-state index is 13.6. The van der Waals surface area contributed by atoms with Crippen LogP contribution in [-0.2, 0) is 27.9 Å². The van der Waals surface area contributed by atoms with Gasteiger partial charge in [-0.2, -0.15) is 0 Å². The molecule has 0 aliphatic heterocycles. The molecule has 9 nitrogen and oxygen atoms in total. The summed E-state index contributed by atoms with van der Waals surface area (Å²) in [4.78, 5) is 37.8. The molecule has 0 radical (unpaired) electrons. The van der Waals surface area contributed by atoms with E-state index >= 15 is 0 Å². The van der Waals surface area contributed by atoms with Crippen LogP contribution in [0.3, 0.4) is 0 Å². The highest BCUT2D eigenvalue weighted by Crippen LogP contribution is 2.43. The second-order valence-electron chi connectivity index (χ2n) is 22.9. The Hall–Kier alpha value is -3.07. The predicted octanol–water partition coefficient (Wildman–Crippen LogP) is 20.3. The van der Waals surface area contributed by atoms with Gasteiger partial charge >= 0.3 is 13.8 Å². The summed E-state index contributed by atoms with van der Waals surface area (Å²) < 4.78 is 30.7. The molecule has 0 saturated carbocycles. The third kappa shape index (κ3) is 59.4. The predicted molar refractivity (Wildman–Crippen MR) is 341 cm³/mol. The third-order valence-corrected chi connectivity index (χ3v) is 15.0. The SMILES string of the molecule is CC/C=C\C/C=C\C/C=C\C/C=C\C/C=C\C/C=C\CCCCC(=O)NC(COP(=O)(O)OCC[N+](C)(C)C)C(/C=C/CCCCCCCCCCCCC)OC(=O)CCCCCCCCCCC/C=C/CCCCCCCC. The minimum Gasteiger partial charge on any atom is -0.456 e. The first-order chi connectivity index (χ1) is 38.4. The Kier molecular flexibility index (Phi) is 55.9. The number of hydrogen-bond donors (Lipinski definition) is 2. The number of allylic oxidation sites excluding steroid dienone is 15. The maximum Gasteiger partial charge on any atom is 0.472 e. The highest BCUT2D eigenvalue weighted by atomic mass is 31.2. The summed E-state index contributed by atoms with van der Waals surface area (Å²) in [7, 11) is 1.46. The highest BCUT2D eigenvalue weighted by Gasteiger charge is 2.30. The third-order valence-electron chi connectivity index (χ3n) is 14.0. The number of nitrogens with zero attached hydrogens (tertiary/aromatic N) is 1. The number of nitrogens with one attached hydrogen (secondary N) is 1. The monoisotopic (exact) mass is 1120 g/mol. The molecule has 0 aromatic heterocycles. The molecule has 0 aliphatic rings. The highest BCUT2D eigenvalue weighted by molar-refractivity contribution is 7.47. The number of carbonyl (C=O) groups excluding carboxylic acids is 2. The Bertz CT molecular complexity index is 1670. The van der Waals surface area contributed by atoms with E-state index < -0.39 is 20.0 Å². The second-order valence-corrected chi connectivity index (χ2v) is 24.4. The van der Waals surface area contributed by atoms with Crippen LogP contribution >= 0.6 is 7.82 Å². The van der Waals surface area contributed by atoms with Crippen molar-refractivity contribution in [2.45, 2.75) is 290 Å². The number of rotatable bonds is 58. The first kappa shape index (κ1) is 75.9. The molecule has 0 bridgehead atoms. The Balaban J connectivity index is 5.33. The Morgan fingerprint density at radius 1 is 0.456 bits per heavy atom. The number of ether oxygens (including phenoxy) is 1. The van der Waals surface area contributed by atoms with Crippen molar-refractivity contribution in [1.82, 2.24) is 5.32 Å². The van der Waals surface area contributed by atoms with Crippen LogP contribution in [0.25, 0.3) is 0 Å². The van der Waals surface area contributed by atoms with Gasteiger partial charge < -0.3 is 19.4 Å². The van der Waals surface area contributed by atoms with Crippen molar-refractivity contribution in [1.29, 1.82) is 0 Å². The van der Waals surface area contributed by atoms with Gasteiger partial charge in [-0.1, -0.05) is 253 Å². The fraction of sp³-hybridized carbons (Fsp3) is 0.739. The van der Waals surface area contributed by atoms with Gasteiger partial charge in [0.05, 0.1) is 33.8 Å². The Labute approximate surface area is 488 Å². The van der Waals surface area contributed by atoms with Crippen molar-refractivity contribution in [2.24, 2.45) is 0 Å². The molecule has 1 amide bonds. The van der Waals surface area contributed by atoms with Gasteiger partial charge in [0, 0.05) is 12.8 Å². The van der Waals surface area contributed by atoms with Gasteiger partial charge in [0.2, 0.25) is 5.91 Å². The van der Waals surface area contributed by atoms with E-state index in [1.54, 1.807) is 0 Å². The molecule has 2 N–H and O–H groups in total. The molecule has 0 heterocycles.